The number of aryl methyl sites for hydroxylation is 1. The summed E-state index contributed by atoms with van der Waals surface area (Å²) in [4.78, 5) is 11.5. The predicted molar refractivity (Wildman–Crippen MR) is 84.4 cm³/mol. The van der Waals surface area contributed by atoms with Crippen molar-refractivity contribution in [2.75, 3.05) is 5.73 Å². The molecule has 21 heavy (non-hydrogen) atoms. The average molecular weight is 282 g/mol. The fourth-order valence-corrected chi connectivity index (χ4v) is 2.28. The third-order valence-corrected chi connectivity index (χ3v) is 3.50. The van der Waals surface area contributed by atoms with Crippen LogP contribution < -0.4 is 17.2 Å². The summed E-state index contributed by atoms with van der Waals surface area (Å²) < 4.78 is 0. The van der Waals surface area contributed by atoms with Crippen molar-refractivity contribution in [1.82, 2.24) is 0 Å². The number of hydrogen-bond donors (Lipinski definition) is 4. The lowest BCUT2D eigenvalue weighted by Gasteiger charge is -2.13. The van der Waals surface area contributed by atoms with Crippen molar-refractivity contribution in [2.24, 2.45) is 11.5 Å². The van der Waals surface area contributed by atoms with Crippen LogP contribution in [0.1, 0.15) is 32.6 Å². The zero-order chi connectivity index (χ0) is 15.6. The molecule has 0 radical (unpaired) electrons. The Morgan fingerprint density at radius 3 is 2.48 bits per heavy atom. The Morgan fingerprint density at radius 1 is 1.19 bits per heavy atom. The van der Waals surface area contributed by atoms with Gasteiger partial charge in [-0.1, -0.05) is 24.3 Å². The zero-order valence-electron chi connectivity index (χ0n) is 11.8. The number of nitrogens with two attached hydrogens (primary N) is 3. The molecule has 0 heterocycles. The van der Waals surface area contributed by atoms with Gasteiger partial charge in [0.05, 0.1) is 0 Å². The predicted octanol–water partition coefficient (Wildman–Crippen LogP) is 1.55. The first kappa shape index (κ1) is 14.6. The van der Waals surface area contributed by atoms with Crippen LogP contribution in [0.4, 0.5) is 5.69 Å². The topological polar surface area (TPSA) is 119 Å². The van der Waals surface area contributed by atoms with Gasteiger partial charge in [-0.05, 0) is 35.7 Å². The fraction of sp³-hybridized carbons (Fsp3) is 0.125. The van der Waals surface area contributed by atoms with Gasteiger partial charge in [0, 0.05) is 23.2 Å². The lowest BCUT2D eigenvalue weighted by Crippen LogP contribution is -2.15. The first-order chi connectivity index (χ1) is 9.90. The summed E-state index contributed by atoms with van der Waals surface area (Å²) >= 11 is 0. The monoisotopic (exact) mass is 282 g/mol. The van der Waals surface area contributed by atoms with E-state index in [1.807, 2.05) is 19.1 Å². The van der Waals surface area contributed by atoms with Gasteiger partial charge in [-0.15, -0.1) is 0 Å². The Hall–Kier alpha value is -2.82. The average Bonchev–Trinajstić information content (AvgIpc) is 2.42. The summed E-state index contributed by atoms with van der Waals surface area (Å²) in [5.41, 5.74) is 21.2. The molecule has 0 unspecified atom stereocenters. The van der Waals surface area contributed by atoms with Crippen molar-refractivity contribution in [3.63, 3.8) is 0 Å². The molecule has 0 atom stereocenters. The Morgan fingerprint density at radius 2 is 1.90 bits per heavy atom. The number of anilines is 1. The SMILES string of the molecule is Cc1cccc(C(N)=O)c1Cc1ccc(C(=N)N)cc1N. The van der Waals surface area contributed by atoms with Crippen molar-refractivity contribution >= 4 is 17.4 Å². The first-order valence-corrected chi connectivity index (χ1v) is 6.51. The molecule has 1 amide bonds. The first-order valence-electron chi connectivity index (χ1n) is 6.51. The number of amides is 1. The normalized spacial score (nSPS) is 10.3. The van der Waals surface area contributed by atoms with Crippen LogP contribution in [0.25, 0.3) is 0 Å². The molecule has 2 aromatic carbocycles. The largest absolute Gasteiger partial charge is 0.398 e. The van der Waals surface area contributed by atoms with E-state index in [4.69, 9.17) is 22.6 Å². The van der Waals surface area contributed by atoms with Gasteiger partial charge in [0.25, 0.3) is 0 Å². The van der Waals surface area contributed by atoms with Gasteiger partial charge in [-0.2, -0.15) is 0 Å². The second kappa shape index (κ2) is 5.66. The third kappa shape index (κ3) is 3.02. The summed E-state index contributed by atoms with van der Waals surface area (Å²) in [5.74, 6) is -0.477. The number of amidine groups is 1. The lowest BCUT2D eigenvalue weighted by atomic mass is 9.93. The van der Waals surface area contributed by atoms with Crippen LogP contribution in [0, 0.1) is 12.3 Å². The Labute approximate surface area is 123 Å². The number of carbonyl (C=O) groups excluding carboxylic acids is 1. The number of benzene rings is 2. The molecular formula is C16H18N4O. The molecule has 0 aromatic heterocycles. The van der Waals surface area contributed by atoms with Gasteiger partial charge in [-0.25, -0.2) is 0 Å². The summed E-state index contributed by atoms with van der Waals surface area (Å²) in [7, 11) is 0. The minimum atomic E-state index is -0.451. The quantitative estimate of drug-likeness (QED) is 0.387. The molecule has 7 N–H and O–H groups in total. The van der Waals surface area contributed by atoms with Gasteiger partial charge in [0.2, 0.25) is 5.91 Å². The highest BCUT2D eigenvalue weighted by Gasteiger charge is 2.12. The highest BCUT2D eigenvalue weighted by Crippen LogP contribution is 2.22. The number of nitrogen functional groups attached to an aromatic ring is 2. The molecule has 2 rings (SSSR count). The molecule has 0 saturated carbocycles. The molecular weight excluding hydrogens is 264 g/mol. The summed E-state index contributed by atoms with van der Waals surface area (Å²) in [6, 6.07) is 10.7. The number of carbonyl (C=O) groups is 1. The third-order valence-electron chi connectivity index (χ3n) is 3.50. The van der Waals surface area contributed by atoms with Crippen LogP contribution in [0.15, 0.2) is 36.4 Å². The Bertz CT molecular complexity index is 722. The molecule has 0 spiro atoms. The van der Waals surface area contributed by atoms with Crippen molar-refractivity contribution in [3.05, 3.63) is 64.2 Å². The van der Waals surface area contributed by atoms with Crippen molar-refractivity contribution < 1.29 is 4.79 Å². The van der Waals surface area contributed by atoms with Crippen molar-refractivity contribution in [1.29, 1.82) is 5.41 Å². The van der Waals surface area contributed by atoms with Crippen LogP contribution in [0.5, 0.6) is 0 Å². The minimum Gasteiger partial charge on any atom is -0.398 e. The fourth-order valence-electron chi connectivity index (χ4n) is 2.28. The van der Waals surface area contributed by atoms with Crippen molar-refractivity contribution in [3.8, 4) is 0 Å². The van der Waals surface area contributed by atoms with Gasteiger partial charge < -0.3 is 17.2 Å². The van der Waals surface area contributed by atoms with E-state index < -0.39 is 5.91 Å². The Balaban J connectivity index is 2.44. The maximum atomic E-state index is 11.5. The smallest absolute Gasteiger partial charge is 0.248 e. The zero-order valence-corrected chi connectivity index (χ0v) is 11.8. The molecule has 5 nitrogen and oxygen atoms in total. The number of primary amides is 1. The molecule has 0 bridgehead atoms. The van der Waals surface area contributed by atoms with Crippen molar-refractivity contribution in [2.45, 2.75) is 13.3 Å². The summed E-state index contributed by atoms with van der Waals surface area (Å²) in [5, 5.41) is 7.41. The number of rotatable bonds is 4. The molecule has 0 aliphatic heterocycles. The van der Waals surface area contributed by atoms with Gasteiger partial charge >= 0.3 is 0 Å². The van der Waals surface area contributed by atoms with Crippen LogP contribution in [-0.2, 0) is 6.42 Å². The standard InChI is InChI=1S/C16H18N4O/c1-9-3-2-4-12(16(20)21)13(9)7-10-5-6-11(15(18)19)8-14(10)17/h2-6,8H,7,17H2,1H3,(H3,18,19)(H2,20,21). The van der Waals surface area contributed by atoms with Crippen LogP contribution in [0.3, 0.4) is 0 Å². The summed E-state index contributed by atoms with van der Waals surface area (Å²) in [6.07, 6.45) is 0.509. The second-order valence-electron chi connectivity index (χ2n) is 4.97. The maximum absolute atomic E-state index is 11.5. The lowest BCUT2D eigenvalue weighted by molar-refractivity contribution is 0.0999. The van der Waals surface area contributed by atoms with Gasteiger partial charge in [0.15, 0.2) is 0 Å². The molecule has 108 valence electrons. The van der Waals surface area contributed by atoms with Crippen LogP contribution in [0.2, 0.25) is 0 Å². The van der Waals surface area contributed by atoms with E-state index in [2.05, 4.69) is 0 Å². The van der Waals surface area contributed by atoms with Crippen LogP contribution in [-0.4, -0.2) is 11.7 Å². The highest BCUT2D eigenvalue weighted by molar-refractivity contribution is 5.96. The molecule has 0 saturated heterocycles. The summed E-state index contributed by atoms with van der Waals surface area (Å²) in [6.45, 7) is 1.93. The molecule has 5 heteroatoms. The van der Waals surface area contributed by atoms with E-state index in [9.17, 15) is 4.79 Å². The Kier molecular flexibility index (Phi) is 3.93. The van der Waals surface area contributed by atoms with E-state index in [1.54, 1.807) is 24.3 Å². The van der Waals surface area contributed by atoms with E-state index in [1.165, 1.54) is 0 Å². The highest BCUT2D eigenvalue weighted by atomic mass is 16.1. The number of hydrogen-bond acceptors (Lipinski definition) is 3. The van der Waals surface area contributed by atoms with E-state index >= 15 is 0 Å². The second-order valence-corrected chi connectivity index (χ2v) is 4.97. The van der Waals surface area contributed by atoms with Crippen LogP contribution >= 0.6 is 0 Å². The molecule has 2 aromatic rings. The van der Waals surface area contributed by atoms with E-state index in [0.29, 0.717) is 23.2 Å². The van der Waals surface area contributed by atoms with E-state index in [0.717, 1.165) is 16.7 Å². The van der Waals surface area contributed by atoms with Gasteiger partial charge in [-0.3, -0.25) is 10.2 Å². The minimum absolute atomic E-state index is 0.0260. The van der Waals surface area contributed by atoms with E-state index in [-0.39, 0.29) is 5.84 Å². The molecule has 0 aliphatic carbocycles. The maximum Gasteiger partial charge on any atom is 0.248 e. The van der Waals surface area contributed by atoms with Gasteiger partial charge in [0.1, 0.15) is 5.84 Å². The molecule has 0 fully saturated rings. The molecule has 0 aliphatic rings. The number of nitrogens with one attached hydrogen (secondary N) is 1.